The Kier molecular flexibility index (Phi) is 4.62. The molecule has 1 atom stereocenters. The maximum Gasteiger partial charge on any atom is 0.238 e. The minimum absolute atomic E-state index is 0.0477. The molecule has 7 nitrogen and oxygen atoms in total. The molecule has 1 aromatic heterocycles. The highest BCUT2D eigenvalue weighted by Gasteiger charge is 2.24. The summed E-state index contributed by atoms with van der Waals surface area (Å²) >= 11 is 0. The lowest BCUT2D eigenvalue weighted by atomic mass is 9.94. The third kappa shape index (κ3) is 3.37. The van der Waals surface area contributed by atoms with Crippen LogP contribution in [0.25, 0.3) is 22.4 Å². The van der Waals surface area contributed by atoms with Gasteiger partial charge in [-0.15, -0.1) is 0 Å². The number of primary sulfonamides is 1. The molecule has 1 unspecified atom stereocenters. The van der Waals surface area contributed by atoms with E-state index >= 15 is 0 Å². The first-order valence-corrected chi connectivity index (χ1v) is 9.22. The standard InChI is InChI=1S/C18H16N2O5S/c1-11(18(21)22)17-15(12-7-9-14(10-8-12)26(19,23)24)16(20-25-17)13-5-3-2-4-6-13/h2-11H,1H3,(H,21,22)(H2,19,23,24)/p-1. The van der Waals surface area contributed by atoms with Crippen LogP contribution in [0.5, 0.6) is 0 Å². The second kappa shape index (κ2) is 6.74. The molecule has 134 valence electrons. The lowest BCUT2D eigenvalue weighted by molar-refractivity contribution is -0.307. The third-order valence-electron chi connectivity index (χ3n) is 3.98. The van der Waals surface area contributed by atoms with E-state index in [1.165, 1.54) is 31.2 Å². The average Bonchev–Trinajstić information content (AvgIpc) is 3.06. The topological polar surface area (TPSA) is 126 Å². The molecule has 0 saturated carbocycles. The summed E-state index contributed by atoms with van der Waals surface area (Å²) in [6.45, 7) is 1.44. The van der Waals surface area contributed by atoms with Crippen molar-refractivity contribution >= 4 is 16.0 Å². The molecule has 0 spiro atoms. The van der Waals surface area contributed by atoms with Crippen LogP contribution in [0.4, 0.5) is 0 Å². The van der Waals surface area contributed by atoms with Crippen LogP contribution in [-0.4, -0.2) is 19.5 Å². The summed E-state index contributed by atoms with van der Waals surface area (Å²) in [5.41, 5.74) is 2.21. The monoisotopic (exact) mass is 371 g/mol. The molecule has 8 heteroatoms. The number of hydrogen-bond acceptors (Lipinski definition) is 6. The Labute approximate surface area is 150 Å². The van der Waals surface area contributed by atoms with Crippen LogP contribution >= 0.6 is 0 Å². The van der Waals surface area contributed by atoms with E-state index in [0.717, 1.165) is 5.56 Å². The summed E-state index contributed by atoms with van der Waals surface area (Å²) in [6, 6.07) is 14.9. The Hall–Kier alpha value is -2.97. The summed E-state index contributed by atoms with van der Waals surface area (Å²) in [7, 11) is -3.83. The Bertz CT molecular complexity index is 1040. The highest BCUT2D eigenvalue weighted by Crippen LogP contribution is 2.38. The van der Waals surface area contributed by atoms with Crippen molar-refractivity contribution in [3.05, 3.63) is 60.4 Å². The molecular weight excluding hydrogens is 356 g/mol. The van der Waals surface area contributed by atoms with Gasteiger partial charge in [-0.3, -0.25) is 0 Å². The normalized spacial score (nSPS) is 12.7. The second-order valence-corrected chi connectivity index (χ2v) is 7.31. The molecular formula is C18H15N2O5S-. The lowest BCUT2D eigenvalue weighted by Gasteiger charge is -2.12. The van der Waals surface area contributed by atoms with E-state index in [0.29, 0.717) is 16.8 Å². The van der Waals surface area contributed by atoms with E-state index in [4.69, 9.17) is 9.66 Å². The van der Waals surface area contributed by atoms with E-state index in [9.17, 15) is 18.3 Å². The van der Waals surface area contributed by atoms with Crippen molar-refractivity contribution in [2.75, 3.05) is 0 Å². The SMILES string of the molecule is CC(C(=O)[O-])c1onc(-c2ccccc2)c1-c1ccc(S(N)(=O)=O)cc1. The molecule has 0 saturated heterocycles. The zero-order valence-corrected chi connectivity index (χ0v) is 14.6. The first kappa shape index (κ1) is 17.8. The number of rotatable bonds is 5. The number of aromatic nitrogens is 1. The van der Waals surface area contributed by atoms with Crippen molar-refractivity contribution in [1.82, 2.24) is 5.16 Å². The number of sulfonamides is 1. The molecule has 0 aliphatic carbocycles. The van der Waals surface area contributed by atoms with Gasteiger partial charge < -0.3 is 14.4 Å². The fourth-order valence-electron chi connectivity index (χ4n) is 2.59. The smallest absolute Gasteiger partial charge is 0.238 e. The van der Waals surface area contributed by atoms with Crippen molar-refractivity contribution in [1.29, 1.82) is 0 Å². The highest BCUT2D eigenvalue weighted by molar-refractivity contribution is 7.89. The maximum atomic E-state index is 11.4. The van der Waals surface area contributed by atoms with E-state index in [1.807, 2.05) is 30.3 Å². The van der Waals surface area contributed by atoms with Crippen LogP contribution in [0.3, 0.4) is 0 Å². The van der Waals surface area contributed by atoms with Gasteiger partial charge in [-0.2, -0.15) is 0 Å². The Morgan fingerprint density at radius 3 is 2.23 bits per heavy atom. The number of aliphatic carboxylic acids is 1. The number of carboxylic acid groups (broad SMARTS) is 1. The predicted octanol–water partition coefficient (Wildman–Crippen LogP) is 1.51. The summed E-state index contributed by atoms with van der Waals surface area (Å²) in [6.07, 6.45) is 0. The van der Waals surface area contributed by atoms with Gasteiger partial charge in [0.2, 0.25) is 10.0 Å². The fourth-order valence-corrected chi connectivity index (χ4v) is 3.10. The van der Waals surface area contributed by atoms with E-state index in [1.54, 1.807) is 0 Å². The molecule has 0 bridgehead atoms. The molecule has 0 aliphatic heterocycles. The zero-order valence-electron chi connectivity index (χ0n) is 13.7. The molecule has 26 heavy (non-hydrogen) atoms. The number of carbonyl (C=O) groups excluding carboxylic acids is 1. The summed E-state index contributed by atoms with van der Waals surface area (Å²) in [5.74, 6) is -2.21. The van der Waals surface area contributed by atoms with Crippen molar-refractivity contribution in [2.45, 2.75) is 17.7 Å². The summed E-state index contributed by atoms with van der Waals surface area (Å²) < 4.78 is 28.2. The van der Waals surface area contributed by atoms with Crippen LogP contribution in [0, 0.1) is 0 Å². The number of carboxylic acids is 1. The number of carbonyl (C=O) groups is 1. The van der Waals surface area contributed by atoms with Gasteiger partial charge in [0.1, 0.15) is 5.69 Å². The maximum absolute atomic E-state index is 11.4. The van der Waals surface area contributed by atoms with Crippen LogP contribution in [-0.2, 0) is 14.8 Å². The molecule has 2 N–H and O–H groups in total. The molecule has 1 heterocycles. The van der Waals surface area contributed by atoms with Gasteiger partial charge >= 0.3 is 0 Å². The number of nitrogens with two attached hydrogens (primary N) is 1. The van der Waals surface area contributed by atoms with Gasteiger partial charge in [-0.05, 0) is 24.6 Å². The van der Waals surface area contributed by atoms with Crippen LogP contribution in [0.2, 0.25) is 0 Å². The summed E-state index contributed by atoms with van der Waals surface area (Å²) in [5, 5.41) is 20.5. The Balaban J connectivity index is 2.20. The molecule has 2 aromatic carbocycles. The van der Waals surface area contributed by atoms with Gasteiger partial charge in [0.25, 0.3) is 0 Å². The van der Waals surface area contributed by atoms with Crippen LogP contribution in [0.1, 0.15) is 18.6 Å². The van der Waals surface area contributed by atoms with Crippen molar-refractivity contribution in [3.63, 3.8) is 0 Å². The number of benzene rings is 2. The molecule has 0 aliphatic rings. The average molecular weight is 371 g/mol. The molecule has 0 radical (unpaired) electrons. The van der Waals surface area contributed by atoms with Gasteiger partial charge in [-0.1, -0.05) is 47.6 Å². The molecule has 3 aromatic rings. The quantitative estimate of drug-likeness (QED) is 0.724. The minimum atomic E-state index is -3.83. The van der Waals surface area contributed by atoms with Crippen molar-refractivity contribution in [3.8, 4) is 22.4 Å². The Morgan fingerprint density at radius 2 is 1.69 bits per heavy atom. The molecule has 3 rings (SSSR count). The van der Waals surface area contributed by atoms with Crippen molar-refractivity contribution in [2.24, 2.45) is 5.14 Å². The van der Waals surface area contributed by atoms with Gasteiger partial charge in [0, 0.05) is 5.56 Å². The minimum Gasteiger partial charge on any atom is -0.549 e. The number of hydrogen-bond donors (Lipinski definition) is 1. The fraction of sp³-hybridized carbons (Fsp3) is 0.111. The first-order chi connectivity index (χ1) is 12.3. The van der Waals surface area contributed by atoms with Gasteiger partial charge in [-0.25, -0.2) is 13.6 Å². The van der Waals surface area contributed by atoms with E-state index < -0.39 is 21.9 Å². The highest BCUT2D eigenvalue weighted by atomic mass is 32.2. The summed E-state index contributed by atoms with van der Waals surface area (Å²) in [4.78, 5) is 11.3. The second-order valence-electron chi connectivity index (χ2n) is 5.75. The Morgan fingerprint density at radius 1 is 1.08 bits per heavy atom. The van der Waals surface area contributed by atoms with Gasteiger partial charge in [0.05, 0.1) is 22.3 Å². The van der Waals surface area contributed by atoms with Crippen LogP contribution < -0.4 is 10.2 Å². The molecule has 0 fully saturated rings. The third-order valence-corrected chi connectivity index (χ3v) is 4.91. The predicted molar refractivity (Wildman–Crippen MR) is 92.2 cm³/mol. The van der Waals surface area contributed by atoms with E-state index in [-0.39, 0.29) is 10.7 Å². The van der Waals surface area contributed by atoms with Crippen molar-refractivity contribution < 1.29 is 22.8 Å². The van der Waals surface area contributed by atoms with E-state index in [2.05, 4.69) is 5.16 Å². The largest absolute Gasteiger partial charge is 0.549 e. The van der Waals surface area contributed by atoms with Crippen LogP contribution in [0.15, 0.2) is 64.0 Å². The lowest BCUT2D eigenvalue weighted by Crippen LogP contribution is -2.28. The first-order valence-electron chi connectivity index (χ1n) is 7.68. The van der Waals surface area contributed by atoms with Gasteiger partial charge in [0.15, 0.2) is 5.76 Å². The zero-order chi connectivity index (χ0) is 18.9. The molecule has 0 amide bonds. The number of nitrogens with zero attached hydrogens (tertiary/aromatic N) is 1.